The summed E-state index contributed by atoms with van der Waals surface area (Å²) in [5, 5.41) is 3.92. The molecule has 0 aromatic heterocycles. The largest absolute Gasteiger partial charge is 0.489 e. The maximum absolute atomic E-state index is 6.24. The van der Waals surface area contributed by atoms with Crippen molar-refractivity contribution in [3.05, 3.63) is 28.8 Å². The summed E-state index contributed by atoms with van der Waals surface area (Å²) >= 11 is 6.24. The Morgan fingerprint density at radius 1 is 1.20 bits per heavy atom. The SMILES string of the molecule is COCCNCc1ccc(OC(C)CCOC)c(Cl)c1. The lowest BCUT2D eigenvalue weighted by Crippen LogP contribution is -2.18. The number of rotatable bonds is 10. The Morgan fingerprint density at radius 3 is 2.60 bits per heavy atom. The molecule has 0 bridgehead atoms. The Labute approximate surface area is 126 Å². The van der Waals surface area contributed by atoms with E-state index < -0.39 is 0 Å². The van der Waals surface area contributed by atoms with Gasteiger partial charge in [0.15, 0.2) is 0 Å². The normalized spacial score (nSPS) is 12.4. The lowest BCUT2D eigenvalue weighted by atomic mass is 10.2. The third kappa shape index (κ3) is 6.57. The van der Waals surface area contributed by atoms with Crippen LogP contribution in [0.5, 0.6) is 5.75 Å². The molecule has 0 spiro atoms. The minimum absolute atomic E-state index is 0.0816. The van der Waals surface area contributed by atoms with Crippen LogP contribution in [-0.4, -0.2) is 40.1 Å². The molecule has 0 aliphatic heterocycles. The number of methoxy groups -OCH3 is 2. The lowest BCUT2D eigenvalue weighted by molar-refractivity contribution is 0.135. The summed E-state index contributed by atoms with van der Waals surface area (Å²) in [4.78, 5) is 0. The van der Waals surface area contributed by atoms with Gasteiger partial charge in [-0.25, -0.2) is 0 Å². The smallest absolute Gasteiger partial charge is 0.138 e. The molecule has 114 valence electrons. The van der Waals surface area contributed by atoms with Gasteiger partial charge in [0.1, 0.15) is 5.75 Å². The zero-order valence-corrected chi connectivity index (χ0v) is 13.2. The van der Waals surface area contributed by atoms with Gasteiger partial charge in [-0.1, -0.05) is 17.7 Å². The molecular formula is C15H24ClNO3. The summed E-state index contributed by atoms with van der Waals surface area (Å²) in [5.41, 5.74) is 1.13. The standard InChI is InChI=1S/C15H24ClNO3/c1-12(6-8-18-2)20-15-5-4-13(10-14(15)16)11-17-7-9-19-3/h4-5,10,12,17H,6-9,11H2,1-3H3. The highest BCUT2D eigenvalue weighted by atomic mass is 35.5. The topological polar surface area (TPSA) is 39.7 Å². The Hall–Kier alpha value is -0.810. The van der Waals surface area contributed by atoms with Crippen molar-refractivity contribution in [2.24, 2.45) is 0 Å². The van der Waals surface area contributed by atoms with E-state index in [1.54, 1.807) is 14.2 Å². The van der Waals surface area contributed by atoms with Crippen LogP contribution in [0.1, 0.15) is 18.9 Å². The monoisotopic (exact) mass is 301 g/mol. The van der Waals surface area contributed by atoms with Gasteiger partial charge in [-0.3, -0.25) is 0 Å². The number of ether oxygens (including phenoxy) is 3. The van der Waals surface area contributed by atoms with Crippen LogP contribution in [-0.2, 0) is 16.0 Å². The van der Waals surface area contributed by atoms with Crippen LogP contribution in [0.15, 0.2) is 18.2 Å². The van der Waals surface area contributed by atoms with Gasteiger partial charge in [0.25, 0.3) is 0 Å². The van der Waals surface area contributed by atoms with Crippen molar-refractivity contribution in [3.63, 3.8) is 0 Å². The predicted octanol–water partition coefficient (Wildman–Crippen LogP) is 2.88. The predicted molar refractivity (Wildman–Crippen MR) is 81.6 cm³/mol. The minimum atomic E-state index is 0.0816. The molecule has 5 heteroatoms. The molecule has 1 aromatic carbocycles. The van der Waals surface area contributed by atoms with Gasteiger partial charge in [-0.2, -0.15) is 0 Å². The Morgan fingerprint density at radius 2 is 1.95 bits per heavy atom. The molecule has 4 nitrogen and oxygen atoms in total. The maximum Gasteiger partial charge on any atom is 0.138 e. The number of halogens is 1. The lowest BCUT2D eigenvalue weighted by Gasteiger charge is -2.16. The van der Waals surface area contributed by atoms with E-state index in [1.165, 1.54) is 0 Å². The van der Waals surface area contributed by atoms with E-state index in [0.717, 1.165) is 30.8 Å². The van der Waals surface area contributed by atoms with Crippen LogP contribution in [0.25, 0.3) is 0 Å². The molecule has 0 aliphatic carbocycles. The summed E-state index contributed by atoms with van der Waals surface area (Å²) in [6, 6.07) is 5.86. The van der Waals surface area contributed by atoms with E-state index in [0.29, 0.717) is 18.2 Å². The van der Waals surface area contributed by atoms with Crippen LogP contribution >= 0.6 is 11.6 Å². The first-order valence-electron chi connectivity index (χ1n) is 6.81. The van der Waals surface area contributed by atoms with Gasteiger partial charge in [0.2, 0.25) is 0 Å². The molecule has 0 fully saturated rings. The Kier molecular flexibility index (Phi) is 8.62. The molecule has 1 N–H and O–H groups in total. The van der Waals surface area contributed by atoms with E-state index in [1.807, 2.05) is 25.1 Å². The fraction of sp³-hybridized carbons (Fsp3) is 0.600. The van der Waals surface area contributed by atoms with Crippen LogP contribution in [0.4, 0.5) is 0 Å². The van der Waals surface area contributed by atoms with Crippen molar-refractivity contribution in [2.75, 3.05) is 34.0 Å². The van der Waals surface area contributed by atoms with Crippen LogP contribution in [0, 0.1) is 0 Å². The molecule has 0 aliphatic rings. The summed E-state index contributed by atoms with van der Waals surface area (Å²) < 4.78 is 15.8. The van der Waals surface area contributed by atoms with E-state index in [-0.39, 0.29) is 6.10 Å². The number of hydrogen-bond acceptors (Lipinski definition) is 4. The Bertz CT molecular complexity index is 387. The third-order valence-corrected chi connectivity index (χ3v) is 3.16. The van der Waals surface area contributed by atoms with E-state index in [4.69, 9.17) is 25.8 Å². The summed E-state index contributed by atoms with van der Waals surface area (Å²) in [6.07, 6.45) is 0.922. The third-order valence-electron chi connectivity index (χ3n) is 2.87. The molecule has 1 aromatic rings. The molecule has 1 rings (SSSR count). The van der Waals surface area contributed by atoms with Gasteiger partial charge in [0, 0.05) is 40.3 Å². The fourth-order valence-electron chi connectivity index (χ4n) is 1.72. The highest BCUT2D eigenvalue weighted by molar-refractivity contribution is 6.32. The molecule has 0 amide bonds. The molecular weight excluding hydrogens is 278 g/mol. The zero-order valence-electron chi connectivity index (χ0n) is 12.4. The second-order valence-corrected chi connectivity index (χ2v) is 5.05. The second-order valence-electron chi connectivity index (χ2n) is 4.64. The average Bonchev–Trinajstić information content (AvgIpc) is 2.44. The molecule has 20 heavy (non-hydrogen) atoms. The van der Waals surface area contributed by atoms with Crippen molar-refractivity contribution in [3.8, 4) is 5.75 Å². The first-order valence-corrected chi connectivity index (χ1v) is 7.18. The molecule has 0 heterocycles. The quantitative estimate of drug-likeness (QED) is 0.675. The summed E-state index contributed by atoms with van der Waals surface area (Å²) in [5.74, 6) is 0.718. The van der Waals surface area contributed by atoms with Crippen LogP contribution in [0.2, 0.25) is 5.02 Å². The van der Waals surface area contributed by atoms with E-state index in [9.17, 15) is 0 Å². The Balaban J connectivity index is 2.46. The molecule has 1 unspecified atom stereocenters. The summed E-state index contributed by atoms with van der Waals surface area (Å²) in [7, 11) is 3.38. The minimum Gasteiger partial charge on any atom is -0.489 e. The molecule has 0 radical (unpaired) electrons. The van der Waals surface area contributed by atoms with E-state index >= 15 is 0 Å². The van der Waals surface area contributed by atoms with Crippen LogP contribution < -0.4 is 10.1 Å². The first kappa shape index (κ1) is 17.2. The van der Waals surface area contributed by atoms with Crippen molar-refractivity contribution in [2.45, 2.75) is 26.0 Å². The zero-order chi connectivity index (χ0) is 14.8. The van der Waals surface area contributed by atoms with Gasteiger partial charge in [0.05, 0.1) is 17.7 Å². The fourth-order valence-corrected chi connectivity index (χ4v) is 1.96. The van der Waals surface area contributed by atoms with Crippen molar-refractivity contribution in [1.29, 1.82) is 0 Å². The van der Waals surface area contributed by atoms with Gasteiger partial charge >= 0.3 is 0 Å². The van der Waals surface area contributed by atoms with Gasteiger partial charge in [-0.05, 0) is 24.6 Å². The number of benzene rings is 1. The van der Waals surface area contributed by atoms with Crippen LogP contribution in [0.3, 0.4) is 0 Å². The molecule has 0 saturated carbocycles. The average molecular weight is 302 g/mol. The van der Waals surface area contributed by atoms with Crippen molar-refractivity contribution >= 4 is 11.6 Å². The number of hydrogen-bond donors (Lipinski definition) is 1. The second kappa shape index (κ2) is 10.00. The highest BCUT2D eigenvalue weighted by Crippen LogP contribution is 2.26. The van der Waals surface area contributed by atoms with Gasteiger partial charge in [-0.15, -0.1) is 0 Å². The molecule has 0 saturated heterocycles. The summed E-state index contributed by atoms with van der Waals surface area (Å²) in [6.45, 7) is 4.98. The first-order chi connectivity index (χ1) is 9.67. The maximum atomic E-state index is 6.24. The molecule has 1 atom stereocenters. The van der Waals surface area contributed by atoms with Crippen molar-refractivity contribution < 1.29 is 14.2 Å². The highest BCUT2D eigenvalue weighted by Gasteiger charge is 2.08. The van der Waals surface area contributed by atoms with Crippen molar-refractivity contribution in [1.82, 2.24) is 5.32 Å². The number of nitrogens with one attached hydrogen (secondary N) is 1. The van der Waals surface area contributed by atoms with Gasteiger partial charge < -0.3 is 19.5 Å². The van der Waals surface area contributed by atoms with E-state index in [2.05, 4.69) is 5.32 Å².